The second-order valence-corrected chi connectivity index (χ2v) is 7.01. The number of aromatic nitrogens is 4. The molecule has 0 bridgehead atoms. The number of hydrogen-bond donors (Lipinski definition) is 2. The molecule has 0 aliphatic rings. The quantitative estimate of drug-likeness (QED) is 0.841. The number of urea groups is 1. The fourth-order valence-electron chi connectivity index (χ4n) is 3.12. The summed E-state index contributed by atoms with van der Waals surface area (Å²) in [5, 5.41) is 14.9. The molecule has 0 fully saturated rings. The van der Waals surface area contributed by atoms with Crippen LogP contribution in [-0.2, 0) is 20.0 Å². The minimum atomic E-state index is -0.152. The van der Waals surface area contributed by atoms with Crippen LogP contribution in [0.2, 0.25) is 0 Å². The summed E-state index contributed by atoms with van der Waals surface area (Å²) in [7, 11) is 1.94. The van der Waals surface area contributed by atoms with Crippen molar-refractivity contribution in [1.82, 2.24) is 30.2 Å². The Balaban J connectivity index is 1.85. The SMILES string of the molecule is Cc1cc(C)n(C[C@@H](C)NC(=O)N[C@@H](C)Cc2c(C)nn(C)c2C)n1. The van der Waals surface area contributed by atoms with Gasteiger partial charge in [0, 0.05) is 30.5 Å². The Morgan fingerprint density at radius 2 is 1.76 bits per heavy atom. The van der Waals surface area contributed by atoms with Gasteiger partial charge in [-0.1, -0.05) is 0 Å². The van der Waals surface area contributed by atoms with Gasteiger partial charge >= 0.3 is 6.03 Å². The Kier molecular flexibility index (Phi) is 5.87. The van der Waals surface area contributed by atoms with E-state index in [1.54, 1.807) is 0 Å². The molecule has 2 N–H and O–H groups in total. The fraction of sp³-hybridized carbons (Fsp3) is 0.611. The highest BCUT2D eigenvalue weighted by Crippen LogP contribution is 2.14. The van der Waals surface area contributed by atoms with E-state index in [0.717, 1.165) is 29.2 Å². The minimum Gasteiger partial charge on any atom is -0.335 e. The summed E-state index contributed by atoms with van der Waals surface area (Å²) in [6.07, 6.45) is 0.769. The average Bonchev–Trinajstić information content (AvgIpc) is 2.91. The Hall–Kier alpha value is -2.31. The van der Waals surface area contributed by atoms with E-state index in [-0.39, 0.29) is 18.1 Å². The lowest BCUT2D eigenvalue weighted by Gasteiger charge is -2.19. The van der Waals surface area contributed by atoms with Crippen LogP contribution in [0.3, 0.4) is 0 Å². The number of hydrogen-bond acceptors (Lipinski definition) is 3. The van der Waals surface area contributed by atoms with Crippen LogP contribution in [0.15, 0.2) is 6.07 Å². The zero-order valence-corrected chi connectivity index (χ0v) is 16.3. The molecule has 0 spiro atoms. The molecule has 25 heavy (non-hydrogen) atoms. The molecule has 2 aromatic rings. The van der Waals surface area contributed by atoms with Gasteiger partial charge in [0.15, 0.2) is 0 Å². The Bertz CT molecular complexity index is 745. The molecule has 0 unspecified atom stereocenters. The molecule has 0 aliphatic heterocycles. The zero-order valence-electron chi connectivity index (χ0n) is 16.3. The summed E-state index contributed by atoms with van der Waals surface area (Å²) < 4.78 is 3.81. The molecule has 0 saturated heterocycles. The van der Waals surface area contributed by atoms with Gasteiger partial charge < -0.3 is 10.6 Å². The molecular formula is C18H30N6O. The Labute approximate surface area is 149 Å². The van der Waals surface area contributed by atoms with Crippen molar-refractivity contribution in [1.29, 1.82) is 0 Å². The third kappa shape index (κ3) is 4.84. The van der Waals surface area contributed by atoms with Crippen LogP contribution in [0.25, 0.3) is 0 Å². The van der Waals surface area contributed by atoms with Crippen LogP contribution in [0.5, 0.6) is 0 Å². The van der Waals surface area contributed by atoms with Crippen molar-refractivity contribution in [2.24, 2.45) is 7.05 Å². The van der Waals surface area contributed by atoms with E-state index in [4.69, 9.17) is 0 Å². The van der Waals surface area contributed by atoms with E-state index in [1.807, 2.05) is 57.1 Å². The lowest BCUT2D eigenvalue weighted by Crippen LogP contribution is -2.46. The zero-order chi connectivity index (χ0) is 18.7. The predicted molar refractivity (Wildman–Crippen MR) is 98.7 cm³/mol. The van der Waals surface area contributed by atoms with Gasteiger partial charge in [-0.25, -0.2) is 4.79 Å². The van der Waals surface area contributed by atoms with Crippen LogP contribution in [-0.4, -0.2) is 37.7 Å². The van der Waals surface area contributed by atoms with Crippen molar-refractivity contribution in [2.45, 2.75) is 66.6 Å². The van der Waals surface area contributed by atoms with E-state index >= 15 is 0 Å². The van der Waals surface area contributed by atoms with Crippen molar-refractivity contribution in [3.8, 4) is 0 Å². The first kappa shape index (κ1) is 19.0. The van der Waals surface area contributed by atoms with Gasteiger partial charge in [0.05, 0.1) is 17.9 Å². The second-order valence-electron chi connectivity index (χ2n) is 7.01. The molecule has 7 heteroatoms. The fourth-order valence-corrected chi connectivity index (χ4v) is 3.12. The maximum Gasteiger partial charge on any atom is 0.315 e. The van der Waals surface area contributed by atoms with Crippen LogP contribution in [0.4, 0.5) is 4.79 Å². The van der Waals surface area contributed by atoms with Gasteiger partial charge in [-0.3, -0.25) is 9.36 Å². The maximum atomic E-state index is 12.2. The molecule has 2 amide bonds. The van der Waals surface area contributed by atoms with Gasteiger partial charge in [-0.2, -0.15) is 10.2 Å². The molecule has 2 aromatic heterocycles. The molecule has 2 heterocycles. The van der Waals surface area contributed by atoms with E-state index in [2.05, 4.69) is 27.8 Å². The second kappa shape index (κ2) is 7.72. The van der Waals surface area contributed by atoms with Crippen LogP contribution in [0, 0.1) is 27.7 Å². The van der Waals surface area contributed by atoms with Crippen molar-refractivity contribution in [3.63, 3.8) is 0 Å². The van der Waals surface area contributed by atoms with Crippen molar-refractivity contribution < 1.29 is 4.79 Å². The molecule has 138 valence electrons. The monoisotopic (exact) mass is 346 g/mol. The molecule has 7 nitrogen and oxygen atoms in total. The highest BCUT2D eigenvalue weighted by Gasteiger charge is 2.16. The molecular weight excluding hydrogens is 316 g/mol. The highest BCUT2D eigenvalue weighted by molar-refractivity contribution is 5.74. The number of nitrogens with one attached hydrogen (secondary N) is 2. The summed E-state index contributed by atoms with van der Waals surface area (Å²) >= 11 is 0. The molecule has 0 aliphatic carbocycles. The van der Waals surface area contributed by atoms with E-state index in [1.165, 1.54) is 5.56 Å². The summed E-state index contributed by atoms with van der Waals surface area (Å²) in [4.78, 5) is 12.2. The summed E-state index contributed by atoms with van der Waals surface area (Å²) in [5.41, 5.74) is 5.45. The summed E-state index contributed by atoms with van der Waals surface area (Å²) in [6.45, 7) is 12.7. The van der Waals surface area contributed by atoms with E-state index in [0.29, 0.717) is 6.54 Å². The van der Waals surface area contributed by atoms with Gasteiger partial charge in [-0.15, -0.1) is 0 Å². The topological polar surface area (TPSA) is 76.8 Å². The van der Waals surface area contributed by atoms with Gasteiger partial charge in [-0.05, 0) is 59.6 Å². The molecule has 0 radical (unpaired) electrons. The third-order valence-electron chi connectivity index (χ3n) is 4.47. The smallest absolute Gasteiger partial charge is 0.315 e. The Morgan fingerprint density at radius 3 is 2.28 bits per heavy atom. The Morgan fingerprint density at radius 1 is 1.12 bits per heavy atom. The van der Waals surface area contributed by atoms with Gasteiger partial charge in [0.25, 0.3) is 0 Å². The number of amides is 2. The number of nitrogens with zero attached hydrogens (tertiary/aromatic N) is 4. The first-order valence-electron chi connectivity index (χ1n) is 8.74. The van der Waals surface area contributed by atoms with Crippen LogP contribution >= 0.6 is 0 Å². The van der Waals surface area contributed by atoms with Crippen LogP contribution < -0.4 is 10.6 Å². The first-order valence-corrected chi connectivity index (χ1v) is 8.74. The third-order valence-corrected chi connectivity index (χ3v) is 4.47. The van der Waals surface area contributed by atoms with Crippen molar-refractivity contribution in [3.05, 3.63) is 34.4 Å². The number of carbonyl (C=O) groups is 1. The number of aryl methyl sites for hydroxylation is 4. The molecule has 2 rings (SSSR count). The predicted octanol–water partition coefficient (Wildman–Crippen LogP) is 2.17. The minimum absolute atomic E-state index is 0.00735. The van der Waals surface area contributed by atoms with E-state index in [9.17, 15) is 4.79 Å². The first-order chi connectivity index (χ1) is 11.7. The van der Waals surface area contributed by atoms with E-state index < -0.39 is 0 Å². The number of carbonyl (C=O) groups excluding carboxylic acids is 1. The largest absolute Gasteiger partial charge is 0.335 e. The molecule has 0 aromatic carbocycles. The van der Waals surface area contributed by atoms with Crippen LogP contribution in [0.1, 0.15) is 42.2 Å². The summed E-state index contributed by atoms with van der Waals surface area (Å²) in [5.74, 6) is 0. The van der Waals surface area contributed by atoms with Gasteiger partial charge in [0.2, 0.25) is 0 Å². The molecule has 2 atom stereocenters. The highest BCUT2D eigenvalue weighted by atomic mass is 16.2. The van der Waals surface area contributed by atoms with Crippen molar-refractivity contribution >= 4 is 6.03 Å². The molecule has 0 saturated carbocycles. The standard InChI is InChI=1S/C18H30N6O/c1-11(9-17-15(5)22-23(7)16(17)6)19-18(25)20-13(3)10-24-14(4)8-12(2)21-24/h8,11,13H,9-10H2,1-7H3,(H2,19,20,25)/t11-,13+/m0/s1. The van der Waals surface area contributed by atoms with Gasteiger partial charge in [0.1, 0.15) is 0 Å². The maximum absolute atomic E-state index is 12.2. The normalized spacial score (nSPS) is 13.6. The average molecular weight is 346 g/mol. The summed E-state index contributed by atoms with van der Waals surface area (Å²) in [6, 6.07) is 1.91. The van der Waals surface area contributed by atoms with Crippen molar-refractivity contribution in [2.75, 3.05) is 0 Å². The number of rotatable bonds is 6. The lowest BCUT2D eigenvalue weighted by atomic mass is 10.1. The lowest BCUT2D eigenvalue weighted by molar-refractivity contribution is 0.233.